The summed E-state index contributed by atoms with van der Waals surface area (Å²) in [5.74, 6) is -3.41. The van der Waals surface area contributed by atoms with Gasteiger partial charge in [-0.1, -0.05) is 0 Å². The van der Waals surface area contributed by atoms with Gasteiger partial charge in [-0.05, 0) is 0 Å². The number of carbonyl (C=O) groups is 1. The molecule has 0 spiro atoms. The minimum absolute atomic E-state index is 0.0395. The Kier molecular flexibility index (Phi) is 4.12. The molecule has 0 radical (unpaired) electrons. The first-order valence-electron chi connectivity index (χ1n) is 4.76. The van der Waals surface area contributed by atoms with Crippen LogP contribution in [0, 0.1) is 0 Å². The largest absolute Gasteiger partial charge is 0.574 e. The maximum absolute atomic E-state index is 12.7. The third-order valence-corrected chi connectivity index (χ3v) is 2.00. The van der Waals surface area contributed by atoms with Gasteiger partial charge in [0, 0.05) is 12.6 Å². The number of pyridine rings is 1. The van der Waals surface area contributed by atoms with Gasteiger partial charge in [-0.15, -0.1) is 13.2 Å². The van der Waals surface area contributed by atoms with E-state index in [1.54, 1.807) is 0 Å². The van der Waals surface area contributed by atoms with Crippen molar-refractivity contribution in [2.45, 2.75) is 19.1 Å². The Morgan fingerprint density at radius 3 is 2.20 bits per heavy atom. The molecular weight excluding hydrogens is 298 g/mol. The molecular formula is C9H6F6N2O3. The molecule has 0 aliphatic carbocycles. The van der Waals surface area contributed by atoms with Crippen molar-refractivity contribution in [3.8, 4) is 5.88 Å². The summed E-state index contributed by atoms with van der Waals surface area (Å²) in [6.45, 7) is -0.913. The Morgan fingerprint density at radius 2 is 1.85 bits per heavy atom. The fourth-order valence-electron chi connectivity index (χ4n) is 1.38. The number of halogens is 6. The van der Waals surface area contributed by atoms with Crippen LogP contribution in [0.5, 0.6) is 5.88 Å². The van der Waals surface area contributed by atoms with Crippen LogP contribution in [0.1, 0.15) is 21.6 Å². The fraction of sp³-hybridized carbons (Fsp3) is 0.333. The Balaban J connectivity index is 3.51. The van der Waals surface area contributed by atoms with E-state index in [4.69, 9.17) is 10.8 Å². The molecule has 0 saturated carbocycles. The van der Waals surface area contributed by atoms with Gasteiger partial charge < -0.3 is 15.6 Å². The summed E-state index contributed by atoms with van der Waals surface area (Å²) >= 11 is 0. The standard InChI is InChI=1S/C9H6F6N2O3/c10-8(11,12)6-3(7(18)19)1-5(17-4(6)2-16)20-9(13,14)15/h1H,2,16H2,(H,18,19). The summed E-state index contributed by atoms with van der Waals surface area (Å²) in [5.41, 5.74) is 0.768. The molecule has 11 heteroatoms. The van der Waals surface area contributed by atoms with E-state index in [1.165, 1.54) is 0 Å². The first-order valence-corrected chi connectivity index (χ1v) is 4.76. The molecule has 0 bridgehead atoms. The third-order valence-electron chi connectivity index (χ3n) is 2.00. The summed E-state index contributed by atoms with van der Waals surface area (Å²) < 4.78 is 77.4. The molecule has 112 valence electrons. The Morgan fingerprint density at radius 1 is 1.30 bits per heavy atom. The van der Waals surface area contributed by atoms with E-state index in [2.05, 4.69) is 9.72 Å². The van der Waals surface area contributed by atoms with Gasteiger partial charge in [-0.25, -0.2) is 9.78 Å². The first-order chi connectivity index (χ1) is 8.95. The summed E-state index contributed by atoms with van der Waals surface area (Å²) in [4.78, 5) is 13.7. The van der Waals surface area contributed by atoms with Crippen LogP contribution in [0.15, 0.2) is 6.07 Å². The number of hydrogen-bond donors (Lipinski definition) is 2. The first kappa shape index (κ1) is 16.0. The fourth-order valence-corrected chi connectivity index (χ4v) is 1.38. The van der Waals surface area contributed by atoms with E-state index in [9.17, 15) is 31.1 Å². The molecule has 0 saturated heterocycles. The Labute approximate surface area is 107 Å². The summed E-state index contributed by atoms with van der Waals surface area (Å²) in [7, 11) is 0. The van der Waals surface area contributed by atoms with Gasteiger partial charge in [0.1, 0.15) is 0 Å². The second kappa shape index (κ2) is 5.15. The predicted octanol–water partition coefficient (Wildman–Crippen LogP) is 2.16. The normalized spacial score (nSPS) is 12.3. The van der Waals surface area contributed by atoms with Gasteiger partial charge in [0.05, 0.1) is 16.8 Å². The van der Waals surface area contributed by atoms with Gasteiger partial charge in [0.15, 0.2) is 0 Å². The number of carboxylic acids is 1. The van der Waals surface area contributed by atoms with E-state index in [-0.39, 0.29) is 6.07 Å². The number of aromatic nitrogens is 1. The minimum atomic E-state index is -5.23. The highest BCUT2D eigenvalue weighted by atomic mass is 19.4. The van der Waals surface area contributed by atoms with Gasteiger partial charge >= 0.3 is 18.5 Å². The van der Waals surface area contributed by atoms with Crippen molar-refractivity contribution >= 4 is 5.97 Å². The molecule has 3 N–H and O–H groups in total. The lowest BCUT2D eigenvalue weighted by Gasteiger charge is -2.16. The molecule has 1 heterocycles. The van der Waals surface area contributed by atoms with Gasteiger partial charge in [-0.3, -0.25) is 0 Å². The second-order valence-corrected chi connectivity index (χ2v) is 3.38. The van der Waals surface area contributed by atoms with Crippen LogP contribution >= 0.6 is 0 Å². The van der Waals surface area contributed by atoms with Crippen LogP contribution in [0.3, 0.4) is 0 Å². The molecule has 5 nitrogen and oxygen atoms in total. The van der Waals surface area contributed by atoms with Crippen LogP contribution in [0.2, 0.25) is 0 Å². The highest BCUT2D eigenvalue weighted by Gasteiger charge is 2.40. The highest BCUT2D eigenvalue weighted by Crippen LogP contribution is 2.36. The van der Waals surface area contributed by atoms with Crippen molar-refractivity contribution in [2.24, 2.45) is 5.73 Å². The number of nitrogens with two attached hydrogens (primary N) is 1. The lowest BCUT2D eigenvalue weighted by Crippen LogP contribution is -2.23. The Bertz CT molecular complexity index is 526. The molecule has 0 aromatic carbocycles. The minimum Gasteiger partial charge on any atom is -0.478 e. The van der Waals surface area contributed by atoms with E-state index in [1.807, 2.05) is 0 Å². The molecule has 20 heavy (non-hydrogen) atoms. The van der Waals surface area contributed by atoms with Crippen LogP contribution in [0.4, 0.5) is 26.3 Å². The number of carboxylic acid groups (broad SMARTS) is 1. The quantitative estimate of drug-likeness (QED) is 0.836. The van der Waals surface area contributed by atoms with Crippen molar-refractivity contribution < 1.29 is 41.0 Å². The number of alkyl halides is 6. The van der Waals surface area contributed by atoms with Crippen LogP contribution in [-0.4, -0.2) is 22.4 Å². The van der Waals surface area contributed by atoms with Gasteiger partial charge in [0.25, 0.3) is 0 Å². The lowest BCUT2D eigenvalue weighted by atomic mass is 10.1. The number of hydrogen-bond acceptors (Lipinski definition) is 4. The maximum atomic E-state index is 12.7. The van der Waals surface area contributed by atoms with Crippen molar-refractivity contribution in [1.29, 1.82) is 0 Å². The van der Waals surface area contributed by atoms with Gasteiger partial charge in [-0.2, -0.15) is 13.2 Å². The number of aromatic carboxylic acids is 1. The average molecular weight is 304 g/mol. The lowest BCUT2D eigenvalue weighted by molar-refractivity contribution is -0.276. The molecule has 1 aromatic rings. The van der Waals surface area contributed by atoms with Crippen LogP contribution < -0.4 is 10.5 Å². The van der Waals surface area contributed by atoms with E-state index < -0.39 is 47.8 Å². The Hall–Kier alpha value is -2.04. The summed E-state index contributed by atoms with van der Waals surface area (Å²) in [6.07, 6.45) is -10.4. The maximum Gasteiger partial charge on any atom is 0.574 e. The number of ether oxygens (including phenoxy) is 1. The molecule has 0 unspecified atom stereocenters. The van der Waals surface area contributed by atoms with Crippen molar-refractivity contribution in [2.75, 3.05) is 0 Å². The van der Waals surface area contributed by atoms with E-state index in [0.29, 0.717) is 0 Å². The van der Waals surface area contributed by atoms with Crippen molar-refractivity contribution in [3.63, 3.8) is 0 Å². The van der Waals surface area contributed by atoms with E-state index in [0.717, 1.165) is 0 Å². The molecule has 1 aromatic heterocycles. The topological polar surface area (TPSA) is 85.4 Å². The predicted molar refractivity (Wildman–Crippen MR) is 50.8 cm³/mol. The zero-order valence-electron chi connectivity index (χ0n) is 9.34. The number of nitrogens with zero attached hydrogens (tertiary/aromatic N) is 1. The van der Waals surface area contributed by atoms with Crippen LogP contribution in [0.25, 0.3) is 0 Å². The average Bonchev–Trinajstić information content (AvgIpc) is 2.23. The molecule has 0 fully saturated rings. The van der Waals surface area contributed by atoms with E-state index >= 15 is 0 Å². The molecule has 1 rings (SSSR count). The molecule has 0 atom stereocenters. The zero-order chi connectivity index (χ0) is 15.7. The number of rotatable bonds is 3. The molecule has 0 aliphatic rings. The molecule has 0 aliphatic heterocycles. The van der Waals surface area contributed by atoms with Gasteiger partial charge in [0.2, 0.25) is 5.88 Å². The molecule has 0 amide bonds. The highest BCUT2D eigenvalue weighted by molar-refractivity contribution is 5.90. The monoisotopic (exact) mass is 304 g/mol. The second-order valence-electron chi connectivity index (χ2n) is 3.38. The van der Waals surface area contributed by atoms with Crippen molar-refractivity contribution in [3.05, 3.63) is 22.9 Å². The SMILES string of the molecule is NCc1nc(OC(F)(F)F)cc(C(=O)O)c1C(F)(F)F. The zero-order valence-corrected chi connectivity index (χ0v) is 9.34. The van der Waals surface area contributed by atoms with Crippen molar-refractivity contribution in [1.82, 2.24) is 4.98 Å². The third kappa shape index (κ3) is 3.73. The summed E-state index contributed by atoms with van der Waals surface area (Å²) in [6, 6.07) is 0.0395. The smallest absolute Gasteiger partial charge is 0.478 e. The summed E-state index contributed by atoms with van der Waals surface area (Å²) in [5, 5.41) is 8.67. The van der Waals surface area contributed by atoms with Crippen LogP contribution in [-0.2, 0) is 12.7 Å².